The van der Waals surface area contributed by atoms with Gasteiger partial charge in [0.25, 0.3) is 0 Å². The van der Waals surface area contributed by atoms with Gasteiger partial charge in [0.15, 0.2) is 14.2 Å². The van der Waals surface area contributed by atoms with Crippen LogP contribution in [0.3, 0.4) is 0 Å². The molecule has 0 spiro atoms. The van der Waals surface area contributed by atoms with Crippen molar-refractivity contribution >= 4 is 14.4 Å². The van der Waals surface area contributed by atoms with Gasteiger partial charge in [-0.1, -0.05) is 40.7 Å². The van der Waals surface area contributed by atoms with Crippen molar-refractivity contribution in [1.82, 2.24) is 4.98 Å². The van der Waals surface area contributed by atoms with Gasteiger partial charge in [-0.15, -0.1) is 6.58 Å². The summed E-state index contributed by atoms with van der Waals surface area (Å²) in [6.07, 6.45) is 4.73. The largest absolute Gasteiger partial charge is 0.449 e. The van der Waals surface area contributed by atoms with Gasteiger partial charge in [0.05, 0.1) is 12.2 Å². The lowest BCUT2D eigenvalue weighted by Gasteiger charge is -2.42. The van der Waals surface area contributed by atoms with Gasteiger partial charge >= 0.3 is 0 Å². The summed E-state index contributed by atoms with van der Waals surface area (Å²) in [7, 11) is -2.02. The van der Waals surface area contributed by atoms with Crippen LogP contribution < -0.4 is 0 Å². The van der Waals surface area contributed by atoms with Crippen molar-refractivity contribution in [2.75, 3.05) is 0 Å². The maximum Gasteiger partial charge on any atom is 0.192 e. The number of aromatic nitrogens is 1. The number of aliphatic hydroxyl groups is 1. The molecule has 0 unspecified atom stereocenters. The van der Waals surface area contributed by atoms with Crippen molar-refractivity contribution in [3.8, 4) is 0 Å². The standard InChI is InChI=1S/C21H37NO3Si/c1-11-14(2)19(23)16(4)20(25-26(9,10)21(6,7)8)15(3)12-18-13-24-17(5)22-18/h11-14,16,19-20,23H,1H2,2-10H3/b15-12+/t14-,16+,19-,20-/m0/s1. The second kappa shape index (κ2) is 8.68. The fourth-order valence-electron chi connectivity index (χ4n) is 2.67. The highest BCUT2D eigenvalue weighted by molar-refractivity contribution is 6.74. The van der Waals surface area contributed by atoms with E-state index in [0.29, 0.717) is 5.89 Å². The highest BCUT2D eigenvalue weighted by Gasteiger charge is 2.41. The van der Waals surface area contributed by atoms with Crippen LogP contribution in [0, 0.1) is 18.8 Å². The Morgan fingerprint density at radius 1 is 1.35 bits per heavy atom. The molecule has 0 saturated heterocycles. The zero-order valence-corrected chi connectivity index (χ0v) is 19.0. The monoisotopic (exact) mass is 379 g/mol. The van der Waals surface area contributed by atoms with Crippen LogP contribution >= 0.6 is 0 Å². The summed E-state index contributed by atoms with van der Waals surface area (Å²) >= 11 is 0. The first kappa shape index (κ1) is 22.9. The van der Waals surface area contributed by atoms with Gasteiger partial charge in [-0.05, 0) is 36.7 Å². The van der Waals surface area contributed by atoms with Crippen LogP contribution in [-0.2, 0) is 4.43 Å². The van der Waals surface area contributed by atoms with Gasteiger partial charge in [-0.3, -0.25) is 0 Å². The van der Waals surface area contributed by atoms with Crippen molar-refractivity contribution in [2.45, 2.75) is 78.8 Å². The summed E-state index contributed by atoms with van der Waals surface area (Å²) in [5.74, 6) is 0.568. The van der Waals surface area contributed by atoms with E-state index in [1.165, 1.54) is 0 Å². The smallest absolute Gasteiger partial charge is 0.192 e. The molecule has 4 atom stereocenters. The second-order valence-corrected chi connectivity index (χ2v) is 13.7. The molecule has 1 aromatic heterocycles. The first-order valence-electron chi connectivity index (χ1n) is 9.39. The van der Waals surface area contributed by atoms with Gasteiger partial charge < -0.3 is 13.9 Å². The summed E-state index contributed by atoms with van der Waals surface area (Å²) in [6, 6.07) is 0. The zero-order valence-electron chi connectivity index (χ0n) is 18.0. The van der Waals surface area contributed by atoms with E-state index in [0.717, 1.165) is 11.3 Å². The molecule has 0 bridgehead atoms. The molecule has 0 aliphatic rings. The number of hydrogen-bond acceptors (Lipinski definition) is 4. The van der Waals surface area contributed by atoms with Gasteiger partial charge in [-0.25, -0.2) is 4.98 Å². The number of nitrogens with zero attached hydrogens (tertiary/aromatic N) is 1. The third-order valence-electron chi connectivity index (χ3n) is 5.62. The number of oxazole rings is 1. The Balaban J connectivity index is 3.24. The van der Waals surface area contributed by atoms with Crippen LogP contribution in [0.1, 0.15) is 53.1 Å². The molecule has 0 saturated carbocycles. The molecule has 4 nitrogen and oxygen atoms in total. The van der Waals surface area contributed by atoms with Crippen LogP contribution in [-0.4, -0.2) is 30.6 Å². The van der Waals surface area contributed by atoms with Crippen molar-refractivity contribution < 1.29 is 13.9 Å². The second-order valence-electron chi connectivity index (χ2n) is 8.92. The molecule has 1 aromatic rings. The Morgan fingerprint density at radius 3 is 2.35 bits per heavy atom. The first-order valence-corrected chi connectivity index (χ1v) is 12.3. The van der Waals surface area contributed by atoms with Crippen molar-refractivity contribution in [2.24, 2.45) is 11.8 Å². The van der Waals surface area contributed by atoms with Crippen LogP contribution in [0.25, 0.3) is 6.08 Å². The van der Waals surface area contributed by atoms with E-state index in [4.69, 9.17) is 8.84 Å². The Labute approximate surface area is 160 Å². The van der Waals surface area contributed by atoms with Gasteiger partial charge in [0.1, 0.15) is 12.0 Å². The maximum atomic E-state index is 10.8. The van der Waals surface area contributed by atoms with Crippen LogP contribution in [0.5, 0.6) is 0 Å². The SMILES string of the molecule is C=C[C@H](C)[C@H](O)[C@@H](C)[C@@H](O[Si](C)(C)C(C)(C)C)/C(C)=C/c1coc(C)n1. The molecule has 1 heterocycles. The number of aliphatic hydroxyl groups excluding tert-OH is 1. The van der Waals surface area contributed by atoms with Crippen LogP contribution in [0.4, 0.5) is 0 Å². The average Bonchev–Trinajstić information content (AvgIpc) is 2.94. The van der Waals surface area contributed by atoms with Crippen LogP contribution in [0.2, 0.25) is 18.1 Å². The molecule has 26 heavy (non-hydrogen) atoms. The molecule has 0 radical (unpaired) electrons. The predicted octanol–water partition coefficient (Wildman–Crippen LogP) is 5.60. The van der Waals surface area contributed by atoms with E-state index in [1.54, 1.807) is 12.3 Å². The Kier molecular flexibility index (Phi) is 7.63. The van der Waals surface area contributed by atoms with Crippen molar-refractivity contribution in [3.63, 3.8) is 0 Å². The summed E-state index contributed by atoms with van der Waals surface area (Å²) < 4.78 is 12.1. The minimum absolute atomic E-state index is 0.00221. The Bertz CT molecular complexity index is 627. The summed E-state index contributed by atoms with van der Waals surface area (Å²) in [6.45, 7) is 22.9. The topological polar surface area (TPSA) is 55.5 Å². The van der Waals surface area contributed by atoms with E-state index in [1.807, 2.05) is 33.8 Å². The lowest BCUT2D eigenvalue weighted by molar-refractivity contribution is 0.0246. The first-order chi connectivity index (χ1) is 11.8. The third kappa shape index (κ3) is 5.66. The highest BCUT2D eigenvalue weighted by Crippen LogP contribution is 2.40. The quantitative estimate of drug-likeness (QED) is 0.472. The minimum atomic E-state index is -2.02. The van der Waals surface area contributed by atoms with E-state index >= 15 is 0 Å². The maximum absolute atomic E-state index is 10.8. The van der Waals surface area contributed by atoms with Gasteiger partial charge in [0, 0.05) is 18.8 Å². The normalized spacial score (nSPS) is 18.3. The number of rotatable bonds is 8. The fourth-order valence-corrected chi connectivity index (χ4v) is 4.06. The van der Waals surface area contributed by atoms with E-state index in [9.17, 15) is 5.11 Å². The van der Waals surface area contributed by atoms with E-state index in [2.05, 4.69) is 45.4 Å². The van der Waals surface area contributed by atoms with E-state index in [-0.39, 0.29) is 23.0 Å². The lowest BCUT2D eigenvalue weighted by atomic mass is 9.86. The molecule has 1 N–H and O–H groups in total. The predicted molar refractivity (Wildman–Crippen MR) is 111 cm³/mol. The minimum Gasteiger partial charge on any atom is -0.449 e. The summed E-state index contributed by atoms with van der Waals surface area (Å²) in [4.78, 5) is 4.37. The molecule has 0 amide bonds. The Morgan fingerprint density at radius 2 is 1.92 bits per heavy atom. The summed E-state index contributed by atoms with van der Waals surface area (Å²) in [5.41, 5.74) is 1.83. The number of aryl methyl sites for hydroxylation is 1. The highest BCUT2D eigenvalue weighted by atomic mass is 28.4. The molecular formula is C21H37NO3Si. The number of hydrogen-bond donors (Lipinski definition) is 1. The van der Waals surface area contributed by atoms with E-state index < -0.39 is 14.4 Å². The fraction of sp³-hybridized carbons (Fsp3) is 0.667. The van der Waals surface area contributed by atoms with Gasteiger partial charge in [-0.2, -0.15) is 0 Å². The molecule has 0 aliphatic heterocycles. The summed E-state index contributed by atoms with van der Waals surface area (Å²) in [5, 5.41) is 10.9. The molecule has 0 fully saturated rings. The molecular weight excluding hydrogens is 342 g/mol. The molecule has 5 heteroatoms. The van der Waals surface area contributed by atoms with Gasteiger partial charge in [0.2, 0.25) is 0 Å². The molecule has 0 aromatic carbocycles. The Hall–Kier alpha value is -1.17. The average molecular weight is 380 g/mol. The van der Waals surface area contributed by atoms with Crippen molar-refractivity contribution in [3.05, 3.63) is 36.1 Å². The molecule has 1 rings (SSSR count). The molecule has 0 aliphatic carbocycles. The molecule has 148 valence electrons. The third-order valence-corrected chi connectivity index (χ3v) is 10.1. The zero-order chi connectivity index (χ0) is 20.3. The van der Waals surface area contributed by atoms with Crippen LogP contribution in [0.15, 0.2) is 28.9 Å². The van der Waals surface area contributed by atoms with Crippen molar-refractivity contribution in [1.29, 1.82) is 0 Å². The lowest BCUT2D eigenvalue weighted by Crippen LogP contribution is -2.48.